The molecule has 0 aromatic heterocycles. The molecule has 0 bridgehead atoms. The molecular weight excluding hydrogens is 236 g/mol. The summed E-state index contributed by atoms with van der Waals surface area (Å²) >= 11 is 0. The fourth-order valence-electron chi connectivity index (χ4n) is 1.65. The van der Waals surface area contributed by atoms with Gasteiger partial charge < -0.3 is 14.9 Å². The first-order valence-electron chi connectivity index (χ1n) is 5.77. The smallest absolute Gasteiger partial charge is 0.331 e. The van der Waals surface area contributed by atoms with E-state index < -0.39 is 17.4 Å². The average Bonchev–Trinajstić information content (AvgIpc) is 2.25. The summed E-state index contributed by atoms with van der Waals surface area (Å²) in [5.41, 5.74) is -1.17. The molecule has 0 saturated heterocycles. The number of rotatable bonds is 5. The first-order chi connectivity index (χ1) is 8.24. The molecule has 5 heteroatoms. The summed E-state index contributed by atoms with van der Waals surface area (Å²) < 4.78 is 5.43. The Morgan fingerprint density at radius 3 is 2.50 bits per heavy atom. The van der Waals surface area contributed by atoms with E-state index in [9.17, 15) is 14.7 Å². The van der Waals surface area contributed by atoms with E-state index in [2.05, 4.69) is 0 Å². The molecule has 100 valence electrons. The lowest BCUT2D eigenvalue weighted by Crippen LogP contribution is -2.30. The van der Waals surface area contributed by atoms with Crippen LogP contribution in [0.15, 0.2) is 23.5 Å². The van der Waals surface area contributed by atoms with Gasteiger partial charge in [-0.05, 0) is 31.4 Å². The van der Waals surface area contributed by atoms with E-state index >= 15 is 0 Å². The SMILES string of the molecule is CC(C)COC1=CC(C)(C(=O)O)CC(C(=O)O)=C1. The Hall–Kier alpha value is -1.78. The summed E-state index contributed by atoms with van der Waals surface area (Å²) in [4.78, 5) is 22.2. The molecule has 0 radical (unpaired) electrons. The lowest BCUT2D eigenvalue weighted by molar-refractivity contribution is -0.145. The van der Waals surface area contributed by atoms with Gasteiger partial charge in [0.25, 0.3) is 0 Å². The summed E-state index contributed by atoms with van der Waals surface area (Å²) in [6, 6.07) is 0. The fraction of sp³-hybridized carbons (Fsp3) is 0.538. The fourth-order valence-corrected chi connectivity index (χ4v) is 1.65. The Bertz CT molecular complexity index is 419. The second-order valence-corrected chi connectivity index (χ2v) is 5.13. The third-order valence-electron chi connectivity index (χ3n) is 2.68. The Morgan fingerprint density at radius 1 is 1.44 bits per heavy atom. The minimum Gasteiger partial charge on any atom is -0.494 e. The molecule has 1 rings (SSSR count). The second-order valence-electron chi connectivity index (χ2n) is 5.13. The zero-order chi connectivity index (χ0) is 13.9. The summed E-state index contributed by atoms with van der Waals surface area (Å²) in [6.45, 7) is 5.83. The first kappa shape index (κ1) is 14.3. The number of hydrogen-bond donors (Lipinski definition) is 2. The van der Waals surface area contributed by atoms with Crippen LogP contribution in [-0.2, 0) is 14.3 Å². The van der Waals surface area contributed by atoms with Gasteiger partial charge in [-0.1, -0.05) is 13.8 Å². The summed E-state index contributed by atoms with van der Waals surface area (Å²) in [6.07, 6.45) is 2.84. The summed E-state index contributed by atoms with van der Waals surface area (Å²) in [7, 11) is 0. The van der Waals surface area contributed by atoms with Crippen molar-refractivity contribution in [2.45, 2.75) is 27.2 Å². The lowest BCUT2D eigenvalue weighted by Gasteiger charge is -2.26. The summed E-state index contributed by atoms with van der Waals surface area (Å²) in [5.74, 6) is -1.57. The van der Waals surface area contributed by atoms with Crippen molar-refractivity contribution in [1.29, 1.82) is 0 Å². The molecular formula is C13H18O5. The van der Waals surface area contributed by atoms with E-state index in [1.807, 2.05) is 13.8 Å². The van der Waals surface area contributed by atoms with Crippen molar-refractivity contribution in [3.05, 3.63) is 23.5 Å². The molecule has 0 aromatic rings. The minimum atomic E-state index is -1.23. The third kappa shape index (κ3) is 3.35. The average molecular weight is 254 g/mol. The van der Waals surface area contributed by atoms with Gasteiger partial charge in [0.2, 0.25) is 0 Å². The Labute approximate surface area is 106 Å². The van der Waals surface area contributed by atoms with Crippen molar-refractivity contribution < 1.29 is 24.5 Å². The van der Waals surface area contributed by atoms with Gasteiger partial charge in [-0.25, -0.2) is 4.79 Å². The highest BCUT2D eigenvalue weighted by Gasteiger charge is 2.37. The third-order valence-corrected chi connectivity index (χ3v) is 2.68. The van der Waals surface area contributed by atoms with E-state index in [0.717, 1.165) is 0 Å². The van der Waals surface area contributed by atoms with E-state index in [1.54, 1.807) is 0 Å². The number of carboxylic acid groups (broad SMARTS) is 2. The van der Waals surface area contributed by atoms with Crippen LogP contribution in [0.1, 0.15) is 27.2 Å². The van der Waals surface area contributed by atoms with Gasteiger partial charge in [-0.2, -0.15) is 0 Å². The van der Waals surface area contributed by atoms with E-state index in [1.165, 1.54) is 19.1 Å². The molecule has 0 saturated carbocycles. The molecule has 0 aliphatic heterocycles. The molecule has 5 nitrogen and oxygen atoms in total. The maximum Gasteiger partial charge on any atom is 0.331 e. The number of hydrogen-bond acceptors (Lipinski definition) is 3. The van der Waals surface area contributed by atoms with Crippen molar-refractivity contribution in [3.8, 4) is 0 Å². The molecule has 0 fully saturated rings. The minimum absolute atomic E-state index is 0.0355. The number of aliphatic carboxylic acids is 2. The van der Waals surface area contributed by atoms with Crippen molar-refractivity contribution in [2.24, 2.45) is 11.3 Å². The number of allylic oxidation sites excluding steroid dienone is 1. The van der Waals surface area contributed by atoms with Crippen molar-refractivity contribution in [2.75, 3.05) is 6.61 Å². The van der Waals surface area contributed by atoms with Crippen LogP contribution in [0.4, 0.5) is 0 Å². The lowest BCUT2D eigenvalue weighted by atomic mass is 9.79. The molecule has 0 heterocycles. The maximum atomic E-state index is 11.2. The van der Waals surface area contributed by atoms with Crippen LogP contribution in [0.3, 0.4) is 0 Å². The van der Waals surface area contributed by atoms with E-state index in [0.29, 0.717) is 12.4 Å². The highest BCUT2D eigenvalue weighted by Crippen LogP contribution is 2.34. The molecule has 1 aliphatic rings. The van der Waals surface area contributed by atoms with Crippen molar-refractivity contribution >= 4 is 11.9 Å². The predicted molar refractivity (Wildman–Crippen MR) is 65.0 cm³/mol. The number of ether oxygens (including phenoxy) is 1. The topological polar surface area (TPSA) is 83.8 Å². The van der Waals surface area contributed by atoms with Crippen LogP contribution < -0.4 is 0 Å². The molecule has 0 aromatic carbocycles. The molecule has 1 unspecified atom stereocenters. The molecule has 1 atom stereocenters. The first-order valence-corrected chi connectivity index (χ1v) is 5.77. The molecule has 0 spiro atoms. The summed E-state index contributed by atoms with van der Waals surface area (Å²) in [5, 5.41) is 18.2. The quantitative estimate of drug-likeness (QED) is 0.784. The molecule has 2 N–H and O–H groups in total. The van der Waals surface area contributed by atoms with Gasteiger partial charge in [0, 0.05) is 5.57 Å². The highest BCUT2D eigenvalue weighted by atomic mass is 16.5. The monoisotopic (exact) mass is 254 g/mol. The number of carboxylic acids is 2. The van der Waals surface area contributed by atoms with E-state index in [4.69, 9.17) is 9.84 Å². The van der Waals surface area contributed by atoms with Gasteiger partial charge in [0.05, 0.1) is 12.0 Å². The highest BCUT2D eigenvalue weighted by molar-refractivity contribution is 5.90. The largest absolute Gasteiger partial charge is 0.494 e. The normalized spacial score (nSPS) is 23.3. The van der Waals surface area contributed by atoms with Crippen LogP contribution in [0.2, 0.25) is 0 Å². The Kier molecular flexibility index (Phi) is 4.16. The van der Waals surface area contributed by atoms with Crippen molar-refractivity contribution in [3.63, 3.8) is 0 Å². The Morgan fingerprint density at radius 2 is 2.06 bits per heavy atom. The van der Waals surface area contributed by atoms with Crippen molar-refractivity contribution in [1.82, 2.24) is 0 Å². The van der Waals surface area contributed by atoms with Crippen LogP contribution in [-0.4, -0.2) is 28.8 Å². The van der Waals surface area contributed by atoms with Crippen LogP contribution in [0, 0.1) is 11.3 Å². The van der Waals surface area contributed by atoms with E-state index in [-0.39, 0.29) is 17.9 Å². The maximum absolute atomic E-state index is 11.2. The number of carbonyl (C=O) groups is 2. The molecule has 0 amide bonds. The van der Waals surface area contributed by atoms with Crippen LogP contribution in [0.25, 0.3) is 0 Å². The zero-order valence-electron chi connectivity index (χ0n) is 10.8. The van der Waals surface area contributed by atoms with Crippen LogP contribution >= 0.6 is 0 Å². The van der Waals surface area contributed by atoms with Crippen LogP contribution in [0.5, 0.6) is 0 Å². The van der Waals surface area contributed by atoms with Gasteiger partial charge >= 0.3 is 11.9 Å². The van der Waals surface area contributed by atoms with Gasteiger partial charge in [0.15, 0.2) is 0 Å². The standard InChI is InChI=1S/C13H18O5/c1-8(2)7-18-10-4-9(11(14)15)5-13(3,6-10)12(16)17/h4,6,8H,5,7H2,1-3H3,(H,14,15)(H,16,17). The van der Waals surface area contributed by atoms with Gasteiger partial charge in [-0.15, -0.1) is 0 Å². The van der Waals surface area contributed by atoms with Gasteiger partial charge in [0.1, 0.15) is 5.76 Å². The predicted octanol–water partition coefficient (Wildman–Crippen LogP) is 2.05. The second kappa shape index (κ2) is 5.25. The molecule has 1 aliphatic carbocycles. The molecule has 18 heavy (non-hydrogen) atoms. The zero-order valence-corrected chi connectivity index (χ0v) is 10.8. The van der Waals surface area contributed by atoms with Gasteiger partial charge in [-0.3, -0.25) is 4.79 Å². The Balaban J connectivity index is 2.99.